The van der Waals surface area contributed by atoms with Gasteiger partial charge in [-0.1, -0.05) is 24.2 Å². The highest BCUT2D eigenvalue weighted by atomic mass is 32.2. The zero-order valence-corrected chi connectivity index (χ0v) is 14.9. The molecule has 24 heavy (non-hydrogen) atoms. The van der Waals surface area contributed by atoms with Gasteiger partial charge in [0, 0.05) is 6.07 Å². The summed E-state index contributed by atoms with van der Waals surface area (Å²) < 4.78 is 37.3. The Morgan fingerprint density at radius 3 is 2.29 bits per heavy atom. The molecule has 0 aliphatic carbocycles. The predicted molar refractivity (Wildman–Crippen MR) is 84.8 cm³/mol. The maximum absolute atomic E-state index is 12.6. The second kappa shape index (κ2) is 6.73. The quantitative estimate of drug-likeness (QED) is 0.803. The van der Waals surface area contributed by atoms with E-state index in [9.17, 15) is 13.2 Å². The lowest BCUT2D eigenvalue weighted by atomic mass is 10.1. The molecule has 2 N–H and O–H groups in total. The highest BCUT2D eigenvalue weighted by molar-refractivity contribution is 7.89. The minimum atomic E-state index is -3.97. The lowest BCUT2D eigenvalue weighted by molar-refractivity contribution is -0.118. The van der Waals surface area contributed by atoms with E-state index in [-0.39, 0.29) is 28.1 Å². The molecule has 0 unspecified atom stereocenters. The molecule has 0 aliphatic heterocycles. The van der Waals surface area contributed by atoms with E-state index in [1.165, 1.54) is 19.9 Å². The summed E-state index contributed by atoms with van der Waals surface area (Å²) in [7, 11) is -3.97. The fraction of sp³-hybridized carbons (Fsp3) is 0.500. The second-order valence-electron chi connectivity index (χ2n) is 5.81. The Labute approximate surface area is 139 Å². The molecular weight excluding hydrogens is 336 g/mol. The van der Waals surface area contributed by atoms with Gasteiger partial charge < -0.3 is 14.4 Å². The molecule has 132 valence electrons. The summed E-state index contributed by atoms with van der Waals surface area (Å²) in [5.41, 5.74) is 0.232. The molecule has 0 spiro atoms. The van der Waals surface area contributed by atoms with E-state index in [1.54, 1.807) is 20.8 Å². The Hall–Kier alpha value is -2.20. The third-order valence-electron chi connectivity index (χ3n) is 3.35. The molecule has 1 atom stereocenters. The van der Waals surface area contributed by atoms with Crippen LogP contribution in [0.25, 0.3) is 0 Å². The maximum atomic E-state index is 12.6. The highest BCUT2D eigenvalue weighted by Gasteiger charge is 2.32. The van der Waals surface area contributed by atoms with E-state index in [2.05, 4.69) is 20.4 Å². The molecular formula is C14H20N4O5S. The van der Waals surface area contributed by atoms with Crippen LogP contribution in [0, 0.1) is 26.7 Å². The first-order valence-electron chi connectivity index (χ1n) is 7.31. The number of rotatable bonds is 6. The van der Waals surface area contributed by atoms with Crippen LogP contribution in [-0.2, 0) is 14.8 Å². The van der Waals surface area contributed by atoms with Gasteiger partial charge in [-0.15, -0.1) is 0 Å². The molecule has 9 nitrogen and oxygen atoms in total. The van der Waals surface area contributed by atoms with Gasteiger partial charge in [-0.3, -0.25) is 4.79 Å². The van der Waals surface area contributed by atoms with E-state index in [0.717, 1.165) is 0 Å². The second-order valence-corrected chi connectivity index (χ2v) is 7.46. The van der Waals surface area contributed by atoms with Crippen molar-refractivity contribution in [2.24, 2.45) is 5.92 Å². The standard InChI is InChI=1S/C14H20N4O5S/c1-7(2)12(14(19)15-11-6-8(3)22-17-11)18-24(20,21)13-9(4)16-23-10(13)5/h6-7,12,18H,1-5H3,(H,15,17,19)/t12-/m1/s1. The van der Waals surface area contributed by atoms with Crippen LogP contribution < -0.4 is 10.0 Å². The monoisotopic (exact) mass is 356 g/mol. The van der Waals surface area contributed by atoms with Crippen LogP contribution in [0.4, 0.5) is 5.82 Å². The highest BCUT2D eigenvalue weighted by Crippen LogP contribution is 2.20. The summed E-state index contributed by atoms with van der Waals surface area (Å²) in [6.45, 7) is 8.16. The number of amides is 1. The molecule has 2 aromatic rings. The molecule has 0 radical (unpaired) electrons. The summed E-state index contributed by atoms with van der Waals surface area (Å²) >= 11 is 0. The number of hydrogen-bond donors (Lipinski definition) is 2. The van der Waals surface area contributed by atoms with Crippen molar-refractivity contribution in [1.82, 2.24) is 15.0 Å². The first-order valence-corrected chi connectivity index (χ1v) is 8.79. The first kappa shape index (κ1) is 18.1. The van der Waals surface area contributed by atoms with Gasteiger partial charge >= 0.3 is 0 Å². The minimum absolute atomic E-state index is 0.0572. The van der Waals surface area contributed by atoms with Crippen molar-refractivity contribution < 1.29 is 22.3 Å². The van der Waals surface area contributed by atoms with Gasteiger partial charge in [0.1, 0.15) is 22.4 Å². The van der Waals surface area contributed by atoms with Gasteiger partial charge in [0.25, 0.3) is 0 Å². The van der Waals surface area contributed by atoms with E-state index in [0.29, 0.717) is 5.76 Å². The fourth-order valence-corrected chi connectivity index (χ4v) is 3.88. The number of aryl methyl sites for hydroxylation is 3. The van der Waals surface area contributed by atoms with E-state index in [4.69, 9.17) is 9.05 Å². The number of sulfonamides is 1. The molecule has 0 saturated heterocycles. The number of nitrogens with zero attached hydrogens (tertiary/aromatic N) is 2. The molecule has 0 bridgehead atoms. The van der Waals surface area contributed by atoms with Crippen LogP contribution >= 0.6 is 0 Å². The summed E-state index contributed by atoms with van der Waals surface area (Å²) in [6, 6.07) is 0.540. The average molecular weight is 356 g/mol. The summed E-state index contributed by atoms with van der Waals surface area (Å²) in [5, 5.41) is 9.83. The molecule has 0 saturated carbocycles. The van der Waals surface area contributed by atoms with Crippen LogP contribution in [-0.4, -0.2) is 30.7 Å². The lowest BCUT2D eigenvalue weighted by Crippen LogP contribution is -2.47. The summed E-state index contributed by atoms with van der Waals surface area (Å²) in [6.07, 6.45) is 0. The molecule has 0 fully saturated rings. The van der Waals surface area contributed by atoms with E-state index >= 15 is 0 Å². The predicted octanol–water partition coefficient (Wildman–Crippen LogP) is 1.53. The Balaban J connectivity index is 2.23. The Morgan fingerprint density at radius 1 is 1.17 bits per heavy atom. The van der Waals surface area contributed by atoms with Gasteiger partial charge in [-0.2, -0.15) is 4.72 Å². The zero-order chi connectivity index (χ0) is 18.1. The van der Waals surface area contributed by atoms with Crippen LogP contribution in [0.2, 0.25) is 0 Å². The summed E-state index contributed by atoms with van der Waals surface area (Å²) in [5.74, 6) is 0.0827. The first-order chi connectivity index (χ1) is 11.1. The third-order valence-corrected chi connectivity index (χ3v) is 5.03. The van der Waals surface area contributed by atoms with Crippen LogP contribution in [0.1, 0.15) is 31.1 Å². The SMILES string of the molecule is Cc1cc(NC(=O)[C@H](NS(=O)(=O)c2c(C)noc2C)C(C)C)no1. The van der Waals surface area contributed by atoms with Crippen LogP contribution in [0.5, 0.6) is 0 Å². The Bertz CT molecular complexity index is 818. The van der Waals surface area contributed by atoms with Crippen LogP contribution in [0.15, 0.2) is 20.0 Å². The normalized spacial score (nSPS) is 13.2. The molecule has 2 aromatic heterocycles. The van der Waals surface area contributed by atoms with Crippen molar-refractivity contribution in [2.45, 2.75) is 45.6 Å². The van der Waals surface area contributed by atoms with Crippen LogP contribution in [0.3, 0.4) is 0 Å². The lowest BCUT2D eigenvalue weighted by Gasteiger charge is -2.20. The number of aromatic nitrogens is 2. The largest absolute Gasteiger partial charge is 0.360 e. The minimum Gasteiger partial charge on any atom is -0.360 e. The summed E-state index contributed by atoms with van der Waals surface area (Å²) in [4.78, 5) is 12.4. The van der Waals surface area contributed by atoms with Crippen molar-refractivity contribution in [3.05, 3.63) is 23.3 Å². The molecule has 0 aromatic carbocycles. The number of nitrogens with one attached hydrogen (secondary N) is 2. The molecule has 2 heterocycles. The van der Waals surface area contributed by atoms with Crippen molar-refractivity contribution in [3.63, 3.8) is 0 Å². The van der Waals surface area contributed by atoms with Gasteiger partial charge in [-0.05, 0) is 26.7 Å². The van der Waals surface area contributed by atoms with Gasteiger partial charge in [0.2, 0.25) is 15.9 Å². The molecule has 2 rings (SSSR count). The number of carbonyl (C=O) groups excluding carboxylic acids is 1. The Morgan fingerprint density at radius 2 is 1.83 bits per heavy atom. The van der Waals surface area contributed by atoms with Crippen molar-refractivity contribution in [3.8, 4) is 0 Å². The smallest absolute Gasteiger partial charge is 0.246 e. The molecule has 1 amide bonds. The van der Waals surface area contributed by atoms with E-state index in [1.807, 2.05) is 0 Å². The average Bonchev–Trinajstić information content (AvgIpc) is 3.02. The Kier molecular flexibility index (Phi) is 5.09. The van der Waals surface area contributed by atoms with Gasteiger partial charge in [0.05, 0.1) is 0 Å². The van der Waals surface area contributed by atoms with Crippen molar-refractivity contribution >= 4 is 21.7 Å². The van der Waals surface area contributed by atoms with Gasteiger partial charge in [0.15, 0.2) is 11.6 Å². The number of anilines is 1. The van der Waals surface area contributed by atoms with Crippen molar-refractivity contribution in [1.29, 1.82) is 0 Å². The number of hydrogen-bond acceptors (Lipinski definition) is 7. The van der Waals surface area contributed by atoms with Crippen molar-refractivity contribution in [2.75, 3.05) is 5.32 Å². The van der Waals surface area contributed by atoms with Gasteiger partial charge in [-0.25, -0.2) is 8.42 Å². The molecule has 0 aliphatic rings. The number of carbonyl (C=O) groups is 1. The van der Waals surface area contributed by atoms with E-state index < -0.39 is 22.0 Å². The topological polar surface area (TPSA) is 127 Å². The maximum Gasteiger partial charge on any atom is 0.246 e. The molecule has 10 heteroatoms. The fourth-order valence-electron chi connectivity index (χ4n) is 2.21. The third kappa shape index (κ3) is 3.82. The zero-order valence-electron chi connectivity index (χ0n) is 14.1.